The molecular formula is C10H13FN2. The molecule has 0 saturated heterocycles. The number of rotatable bonds is 3. The molecule has 0 bridgehead atoms. The Morgan fingerprint density at radius 2 is 2.31 bits per heavy atom. The van der Waals surface area contributed by atoms with Crippen LogP contribution >= 0.6 is 0 Å². The van der Waals surface area contributed by atoms with E-state index in [1.54, 1.807) is 12.3 Å². The van der Waals surface area contributed by atoms with E-state index in [9.17, 15) is 4.39 Å². The van der Waals surface area contributed by atoms with Crippen LogP contribution in [-0.4, -0.2) is 17.6 Å². The van der Waals surface area contributed by atoms with E-state index < -0.39 is 5.95 Å². The fraction of sp³-hybridized carbons (Fsp3) is 0.500. The van der Waals surface area contributed by atoms with Gasteiger partial charge in [-0.3, -0.25) is 0 Å². The number of nitrogens with zero attached hydrogens (tertiary/aromatic N) is 1. The first-order chi connectivity index (χ1) is 6.24. The van der Waals surface area contributed by atoms with Gasteiger partial charge in [-0.15, -0.1) is 0 Å². The molecule has 0 amide bonds. The maximum absolute atomic E-state index is 12.5. The van der Waals surface area contributed by atoms with Gasteiger partial charge in [-0.25, -0.2) is 4.98 Å². The van der Waals surface area contributed by atoms with E-state index in [-0.39, 0.29) is 5.54 Å². The second-order valence-corrected chi connectivity index (χ2v) is 3.70. The molecule has 13 heavy (non-hydrogen) atoms. The maximum Gasteiger partial charge on any atom is 0.212 e. The van der Waals surface area contributed by atoms with Crippen LogP contribution in [0.5, 0.6) is 0 Å². The van der Waals surface area contributed by atoms with Crippen LogP contribution in [0.15, 0.2) is 18.3 Å². The Balaban J connectivity index is 2.06. The average Bonchev–Trinajstić information content (AvgIpc) is 2.90. The molecule has 1 aliphatic rings. The van der Waals surface area contributed by atoms with E-state index in [0.29, 0.717) is 0 Å². The van der Waals surface area contributed by atoms with Crippen molar-refractivity contribution in [1.82, 2.24) is 10.3 Å². The minimum Gasteiger partial charge on any atom is -0.314 e. The predicted octanol–water partition coefficient (Wildman–Crippen LogP) is 1.52. The van der Waals surface area contributed by atoms with Crippen molar-refractivity contribution in [2.24, 2.45) is 0 Å². The van der Waals surface area contributed by atoms with Gasteiger partial charge in [0.1, 0.15) is 0 Å². The molecule has 1 fully saturated rings. The maximum atomic E-state index is 12.5. The Bertz CT molecular complexity index is 290. The van der Waals surface area contributed by atoms with Crippen LogP contribution < -0.4 is 5.32 Å². The van der Waals surface area contributed by atoms with Gasteiger partial charge in [0.25, 0.3) is 0 Å². The first-order valence-electron chi connectivity index (χ1n) is 4.53. The number of nitrogens with one attached hydrogen (secondary N) is 1. The molecule has 2 nitrogen and oxygen atoms in total. The molecule has 1 N–H and O–H groups in total. The van der Waals surface area contributed by atoms with Crippen LogP contribution in [0, 0.1) is 5.95 Å². The molecule has 1 aromatic heterocycles. The van der Waals surface area contributed by atoms with E-state index in [2.05, 4.69) is 10.3 Å². The van der Waals surface area contributed by atoms with Gasteiger partial charge in [-0.2, -0.15) is 4.39 Å². The Labute approximate surface area is 77.2 Å². The Morgan fingerprint density at radius 3 is 2.77 bits per heavy atom. The molecule has 0 radical (unpaired) electrons. The summed E-state index contributed by atoms with van der Waals surface area (Å²) in [7, 11) is 1.98. The monoisotopic (exact) mass is 180 g/mol. The fourth-order valence-corrected chi connectivity index (χ4v) is 1.57. The molecule has 2 rings (SSSR count). The van der Waals surface area contributed by atoms with E-state index in [1.807, 2.05) is 7.05 Å². The van der Waals surface area contributed by atoms with Crippen molar-refractivity contribution >= 4 is 0 Å². The van der Waals surface area contributed by atoms with Crippen LogP contribution in [-0.2, 0) is 6.42 Å². The largest absolute Gasteiger partial charge is 0.314 e. The highest BCUT2D eigenvalue weighted by atomic mass is 19.1. The van der Waals surface area contributed by atoms with Crippen LogP contribution in [0.4, 0.5) is 4.39 Å². The minimum atomic E-state index is -0.405. The van der Waals surface area contributed by atoms with Crippen molar-refractivity contribution in [3.05, 3.63) is 29.8 Å². The summed E-state index contributed by atoms with van der Waals surface area (Å²) in [6, 6.07) is 3.22. The molecule has 0 aliphatic heterocycles. The van der Waals surface area contributed by atoms with Crippen molar-refractivity contribution in [2.75, 3.05) is 7.05 Å². The number of halogens is 1. The van der Waals surface area contributed by atoms with Gasteiger partial charge in [0.05, 0.1) is 0 Å². The molecule has 70 valence electrons. The van der Waals surface area contributed by atoms with Gasteiger partial charge < -0.3 is 5.32 Å². The summed E-state index contributed by atoms with van der Waals surface area (Å²) in [5.41, 5.74) is 1.38. The SMILES string of the molecule is CNC1(Cc2ccc(F)nc2)CC1. The first kappa shape index (κ1) is 8.63. The summed E-state index contributed by atoms with van der Waals surface area (Å²) in [5.74, 6) is -0.405. The van der Waals surface area contributed by atoms with Crippen molar-refractivity contribution in [3.8, 4) is 0 Å². The first-order valence-corrected chi connectivity index (χ1v) is 4.53. The summed E-state index contributed by atoms with van der Waals surface area (Å²) in [6.07, 6.45) is 4.99. The van der Waals surface area contributed by atoms with Gasteiger partial charge in [0, 0.05) is 11.7 Å². The van der Waals surface area contributed by atoms with Crippen LogP contribution in [0.3, 0.4) is 0 Å². The van der Waals surface area contributed by atoms with Crippen molar-refractivity contribution in [2.45, 2.75) is 24.8 Å². The molecule has 0 aromatic carbocycles. The van der Waals surface area contributed by atoms with E-state index in [0.717, 1.165) is 12.0 Å². The highest BCUT2D eigenvalue weighted by molar-refractivity contribution is 5.17. The lowest BCUT2D eigenvalue weighted by Crippen LogP contribution is -2.29. The van der Waals surface area contributed by atoms with Crippen molar-refractivity contribution in [1.29, 1.82) is 0 Å². The highest BCUT2D eigenvalue weighted by Crippen LogP contribution is 2.37. The number of likely N-dealkylation sites (N-methyl/N-ethyl adjacent to an activating group) is 1. The summed E-state index contributed by atoms with van der Waals surface area (Å²) < 4.78 is 12.5. The van der Waals surface area contributed by atoms with E-state index in [4.69, 9.17) is 0 Å². The van der Waals surface area contributed by atoms with Crippen LogP contribution in [0.25, 0.3) is 0 Å². The van der Waals surface area contributed by atoms with Gasteiger partial charge in [0.2, 0.25) is 5.95 Å². The molecule has 0 unspecified atom stereocenters. The van der Waals surface area contributed by atoms with E-state index >= 15 is 0 Å². The summed E-state index contributed by atoms with van der Waals surface area (Å²) >= 11 is 0. The lowest BCUT2D eigenvalue weighted by atomic mass is 10.1. The number of pyridine rings is 1. The summed E-state index contributed by atoms with van der Waals surface area (Å²) in [5, 5.41) is 3.29. The Hall–Kier alpha value is -0.960. The van der Waals surface area contributed by atoms with Crippen molar-refractivity contribution < 1.29 is 4.39 Å². The topological polar surface area (TPSA) is 24.9 Å². The zero-order chi connectivity index (χ0) is 9.31. The normalized spacial score (nSPS) is 18.6. The third-order valence-corrected chi connectivity index (χ3v) is 2.72. The van der Waals surface area contributed by atoms with Crippen LogP contribution in [0.1, 0.15) is 18.4 Å². The highest BCUT2D eigenvalue weighted by Gasteiger charge is 2.40. The van der Waals surface area contributed by atoms with Gasteiger partial charge in [-0.1, -0.05) is 6.07 Å². The van der Waals surface area contributed by atoms with Gasteiger partial charge in [-0.05, 0) is 37.9 Å². The zero-order valence-corrected chi connectivity index (χ0v) is 7.68. The summed E-state index contributed by atoms with van der Waals surface area (Å²) in [6.45, 7) is 0. The average molecular weight is 180 g/mol. The molecular weight excluding hydrogens is 167 g/mol. The lowest BCUT2D eigenvalue weighted by molar-refractivity contribution is 0.542. The third-order valence-electron chi connectivity index (χ3n) is 2.72. The molecule has 0 atom stereocenters. The molecule has 3 heteroatoms. The number of hydrogen-bond donors (Lipinski definition) is 1. The van der Waals surface area contributed by atoms with Crippen molar-refractivity contribution in [3.63, 3.8) is 0 Å². The molecule has 1 heterocycles. The Kier molecular flexibility index (Phi) is 2.04. The number of aromatic nitrogens is 1. The second kappa shape index (κ2) is 3.07. The third kappa shape index (κ3) is 1.86. The molecule has 1 saturated carbocycles. The fourth-order valence-electron chi connectivity index (χ4n) is 1.57. The van der Waals surface area contributed by atoms with Gasteiger partial charge >= 0.3 is 0 Å². The van der Waals surface area contributed by atoms with Gasteiger partial charge in [0.15, 0.2) is 0 Å². The molecule has 1 aromatic rings. The minimum absolute atomic E-state index is 0.277. The lowest BCUT2D eigenvalue weighted by Gasteiger charge is -2.12. The molecule has 1 aliphatic carbocycles. The predicted molar refractivity (Wildman–Crippen MR) is 48.9 cm³/mol. The van der Waals surface area contributed by atoms with E-state index in [1.165, 1.54) is 18.9 Å². The van der Waals surface area contributed by atoms with Crippen LogP contribution in [0.2, 0.25) is 0 Å². The quantitative estimate of drug-likeness (QED) is 0.713. The molecule has 0 spiro atoms. The number of hydrogen-bond acceptors (Lipinski definition) is 2. The standard InChI is InChI=1S/C10H13FN2/c1-12-10(4-5-10)6-8-2-3-9(11)13-7-8/h2-3,7,12H,4-6H2,1H3. The summed E-state index contributed by atoms with van der Waals surface area (Å²) in [4.78, 5) is 3.63. The smallest absolute Gasteiger partial charge is 0.212 e. The Morgan fingerprint density at radius 1 is 1.54 bits per heavy atom. The zero-order valence-electron chi connectivity index (χ0n) is 7.68. The second-order valence-electron chi connectivity index (χ2n) is 3.70.